The molecule has 3 N–H and O–H groups in total. The van der Waals surface area contributed by atoms with E-state index in [1.54, 1.807) is 11.3 Å². The zero-order chi connectivity index (χ0) is 13.4. The molecule has 3 heterocycles. The summed E-state index contributed by atoms with van der Waals surface area (Å²) in [5, 5.41) is 10.6. The highest BCUT2D eigenvalue weighted by Crippen LogP contribution is 2.19. The lowest BCUT2D eigenvalue weighted by molar-refractivity contribution is -0.670. The summed E-state index contributed by atoms with van der Waals surface area (Å²) < 4.78 is 4.26. The summed E-state index contributed by atoms with van der Waals surface area (Å²) in [6.07, 6.45) is 6.26. The molecule has 96 valence electrons. The summed E-state index contributed by atoms with van der Waals surface area (Å²) in [5.74, 6) is 0.131. The van der Waals surface area contributed by atoms with Crippen molar-refractivity contribution in [3.05, 3.63) is 52.6 Å². The quantitative estimate of drug-likeness (QED) is 0.426. The van der Waals surface area contributed by atoms with E-state index in [4.69, 9.17) is 11.1 Å². The molecule has 0 fully saturated rings. The van der Waals surface area contributed by atoms with Crippen LogP contribution in [0.4, 0.5) is 0 Å². The third-order valence-electron chi connectivity index (χ3n) is 3.15. The fourth-order valence-corrected chi connectivity index (χ4v) is 3.02. The first-order chi connectivity index (χ1) is 9.13. The standard InChI is InChI=1S/C14H15N4S/c1-17-4-2-10-3-5-18(13(10)8-17)7-12-6-11(9-19-12)14(15)16/h2-6,8-9H,7H2,1H3,(H3,15,16)/q+1. The number of nitrogens with zero attached hydrogens (tertiary/aromatic N) is 2. The van der Waals surface area contributed by atoms with Crippen LogP contribution in [0.2, 0.25) is 0 Å². The summed E-state index contributed by atoms with van der Waals surface area (Å²) in [5.41, 5.74) is 7.51. The van der Waals surface area contributed by atoms with Gasteiger partial charge in [-0.1, -0.05) is 0 Å². The van der Waals surface area contributed by atoms with E-state index in [9.17, 15) is 0 Å². The summed E-state index contributed by atoms with van der Waals surface area (Å²) in [7, 11) is 2.02. The normalized spacial score (nSPS) is 11.0. The van der Waals surface area contributed by atoms with Gasteiger partial charge in [-0.15, -0.1) is 11.3 Å². The number of rotatable bonds is 3. The Bertz CT molecular complexity index is 754. The fraction of sp³-hybridized carbons (Fsp3) is 0.143. The van der Waals surface area contributed by atoms with Gasteiger partial charge in [0.15, 0.2) is 12.4 Å². The lowest BCUT2D eigenvalue weighted by atomic mass is 10.3. The topological polar surface area (TPSA) is 58.7 Å². The molecule has 3 aromatic rings. The molecule has 0 atom stereocenters. The number of pyridine rings is 1. The van der Waals surface area contributed by atoms with Gasteiger partial charge in [0, 0.05) is 33.5 Å². The summed E-state index contributed by atoms with van der Waals surface area (Å²) in [6.45, 7) is 0.811. The van der Waals surface area contributed by atoms with E-state index in [2.05, 4.69) is 29.1 Å². The van der Waals surface area contributed by atoms with Crippen molar-refractivity contribution in [3.63, 3.8) is 0 Å². The largest absolute Gasteiger partial charge is 0.384 e. The van der Waals surface area contributed by atoms with Crippen molar-refractivity contribution in [2.24, 2.45) is 12.8 Å². The first-order valence-corrected chi connectivity index (χ1v) is 6.87. The van der Waals surface area contributed by atoms with Crippen LogP contribution < -0.4 is 10.3 Å². The molecular weight excluding hydrogens is 256 g/mol. The zero-order valence-electron chi connectivity index (χ0n) is 10.6. The molecule has 0 aromatic carbocycles. The minimum absolute atomic E-state index is 0.131. The van der Waals surface area contributed by atoms with Crippen LogP contribution in [0.5, 0.6) is 0 Å². The molecular formula is C14H15N4S+. The van der Waals surface area contributed by atoms with Crippen molar-refractivity contribution in [2.45, 2.75) is 6.54 Å². The molecule has 0 aliphatic carbocycles. The maximum absolute atomic E-state index is 7.43. The van der Waals surface area contributed by atoms with Crippen molar-refractivity contribution >= 4 is 28.1 Å². The van der Waals surface area contributed by atoms with E-state index in [0.717, 1.165) is 12.1 Å². The first kappa shape index (κ1) is 11.9. The van der Waals surface area contributed by atoms with Gasteiger partial charge in [-0.3, -0.25) is 5.41 Å². The molecule has 4 nitrogen and oxygen atoms in total. The highest BCUT2D eigenvalue weighted by Gasteiger charge is 2.08. The van der Waals surface area contributed by atoms with Crippen molar-refractivity contribution in [3.8, 4) is 0 Å². The first-order valence-electron chi connectivity index (χ1n) is 5.99. The Hall–Kier alpha value is -2.14. The van der Waals surface area contributed by atoms with Crippen molar-refractivity contribution < 1.29 is 4.57 Å². The Morgan fingerprint density at radius 1 is 1.47 bits per heavy atom. The molecule has 0 saturated carbocycles. The van der Waals surface area contributed by atoms with Crippen molar-refractivity contribution in [1.82, 2.24) is 4.57 Å². The summed E-state index contributed by atoms with van der Waals surface area (Å²) in [6, 6.07) is 6.22. The van der Waals surface area contributed by atoms with E-state index in [0.29, 0.717) is 0 Å². The smallest absolute Gasteiger partial charge is 0.193 e. The molecule has 3 aromatic heterocycles. The van der Waals surface area contributed by atoms with E-state index in [1.165, 1.54) is 15.8 Å². The second-order valence-electron chi connectivity index (χ2n) is 4.61. The van der Waals surface area contributed by atoms with Crippen LogP contribution in [-0.2, 0) is 13.6 Å². The fourth-order valence-electron chi connectivity index (χ4n) is 2.14. The molecule has 3 rings (SSSR count). The molecule has 0 aliphatic rings. The summed E-state index contributed by atoms with van der Waals surface area (Å²) >= 11 is 1.64. The highest BCUT2D eigenvalue weighted by atomic mass is 32.1. The van der Waals surface area contributed by atoms with Gasteiger partial charge in [0.05, 0.1) is 6.54 Å². The Kier molecular flexibility index (Phi) is 2.83. The van der Waals surface area contributed by atoms with Gasteiger partial charge in [-0.25, -0.2) is 4.57 Å². The van der Waals surface area contributed by atoms with Crippen LogP contribution in [0.15, 0.2) is 42.2 Å². The van der Waals surface area contributed by atoms with E-state index in [-0.39, 0.29) is 5.84 Å². The minimum atomic E-state index is 0.131. The van der Waals surface area contributed by atoms with Crippen LogP contribution in [0.1, 0.15) is 10.4 Å². The number of amidine groups is 1. The van der Waals surface area contributed by atoms with Gasteiger partial charge >= 0.3 is 0 Å². The Labute approximate surface area is 115 Å². The van der Waals surface area contributed by atoms with Gasteiger partial charge in [0.2, 0.25) is 0 Å². The summed E-state index contributed by atoms with van der Waals surface area (Å²) in [4.78, 5) is 1.20. The average molecular weight is 271 g/mol. The maximum Gasteiger partial charge on any atom is 0.193 e. The number of nitrogens with two attached hydrogens (primary N) is 1. The van der Waals surface area contributed by atoms with Crippen LogP contribution in [0.25, 0.3) is 10.9 Å². The number of aromatic nitrogens is 2. The lowest BCUT2D eigenvalue weighted by Crippen LogP contribution is -2.26. The van der Waals surface area contributed by atoms with Gasteiger partial charge in [-0.05, 0) is 12.1 Å². The number of thiophene rings is 1. The SMILES string of the molecule is C[n+]1ccc2ccn(Cc3cc(C(=N)N)cs3)c2c1. The molecule has 5 heteroatoms. The average Bonchev–Trinajstić information content (AvgIpc) is 2.98. The second-order valence-corrected chi connectivity index (χ2v) is 5.61. The second kappa shape index (κ2) is 4.51. The van der Waals surface area contributed by atoms with Gasteiger partial charge in [0.25, 0.3) is 0 Å². The van der Waals surface area contributed by atoms with E-state index in [1.807, 2.05) is 29.3 Å². The van der Waals surface area contributed by atoms with Crippen LogP contribution in [-0.4, -0.2) is 10.4 Å². The molecule has 0 unspecified atom stereocenters. The van der Waals surface area contributed by atoms with Gasteiger partial charge < -0.3 is 10.3 Å². The minimum Gasteiger partial charge on any atom is -0.384 e. The van der Waals surface area contributed by atoms with Crippen LogP contribution in [0.3, 0.4) is 0 Å². The van der Waals surface area contributed by atoms with E-state index >= 15 is 0 Å². The molecule has 0 spiro atoms. The molecule has 0 saturated heterocycles. The predicted molar refractivity (Wildman–Crippen MR) is 77.6 cm³/mol. The third kappa shape index (κ3) is 2.24. The molecule has 19 heavy (non-hydrogen) atoms. The van der Waals surface area contributed by atoms with Crippen molar-refractivity contribution in [1.29, 1.82) is 5.41 Å². The monoisotopic (exact) mass is 271 g/mol. The number of hydrogen-bond donors (Lipinski definition) is 2. The molecule has 0 aliphatic heterocycles. The van der Waals surface area contributed by atoms with Crippen molar-refractivity contribution in [2.75, 3.05) is 0 Å². The molecule has 0 amide bonds. The van der Waals surface area contributed by atoms with Crippen LogP contribution >= 0.6 is 11.3 Å². The third-order valence-corrected chi connectivity index (χ3v) is 4.07. The highest BCUT2D eigenvalue weighted by molar-refractivity contribution is 7.10. The number of nitrogen functional groups attached to an aromatic ring is 1. The van der Waals surface area contributed by atoms with Gasteiger partial charge in [0.1, 0.15) is 18.4 Å². The Balaban J connectivity index is 1.96. The van der Waals surface area contributed by atoms with Crippen LogP contribution in [0, 0.1) is 5.41 Å². The molecule has 0 radical (unpaired) electrons. The maximum atomic E-state index is 7.43. The number of nitrogens with one attached hydrogen (secondary N) is 1. The van der Waals surface area contributed by atoms with E-state index < -0.39 is 0 Å². The Morgan fingerprint density at radius 2 is 2.32 bits per heavy atom. The Morgan fingerprint density at radius 3 is 3.05 bits per heavy atom. The predicted octanol–water partition coefficient (Wildman–Crippen LogP) is 1.86. The number of hydrogen-bond acceptors (Lipinski definition) is 2. The zero-order valence-corrected chi connectivity index (χ0v) is 11.4. The number of fused-ring (bicyclic) bond motifs is 1. The van der Waals surface area contributed by atoms with Gasteiger partial charge in [-0.2, -0.15) is 0 Å². The number of aryl methyl sites for hydroxylation is 1. The lowest BCUT2D eigenvalue weighted by Gasteiger charge is -2.01. The molecule has 0 bridgehead atoms.